The van der Waals surface area contributed by atoms with E-state index in [1.807, 2.05) is 23.9 Å². The van der Waals surface area contributed by atoms with Crippen molar-refractivity contribution < 1.29 is 14.9 Å². The van der Waals surface area contributed by atoms with Gasteiger partial charge >= 0.3 is 0 Å². The quantitative estimate of drug-likeness (QED) is 0.517. The van der Waals surface area contributed by atoms with Gasteiger partial charge in [0.15, 0.2) is 0 Å². The van der Waals surface area contributed by atoms with Crippen LogP contribution in [-0.2, 0) is 4.74 Å². The highest BCUT2D eigenvalue weighted by Crippen LogP contribution is 1.90. The maximum Gasteiger partial charge on any atom is 0.0638 e. The number of nitrogens with zero attached hydrogens (tertiary/aromatic N) is 2. The summed E-state index contributed by atoms with van der Waals surface area (Å²) in [6, 6.07) is 0. The van der Waals surface area contributed by atoms with Crippen LogP contribution >= 0.6 is 0 Å². The van der Waals surface area contributed by atoms with Gasteiger partial charge < -0.3 is 24.7 Å². The lowest BCUT2D eigenvalue weighted by Crippen LogP contribution is -2.32. The fraction of sp³-hybridized carbons (Fsp3) is 1.00. The molecule has 0 aliphatic rings. The van der Waals surface area contributed by atoms with Gasteiger partial charge in [0.05, 0.1) is 25.4 Å². The highest BCUT2D eigenvalue weighted by molar-refractivity contribution is 4.57. The van der Waals surface area contributed by atoms with E-state index in [9.17, 15) is 0 Å². The first-order valence-electron chi connectivity index (χ1n) is 6.22. The summed E-state index contributed by atoms with van der Waals surface area (Å²) in [6.45, 7) is 7.90. The predicted octanol–water partition coefficient (Wildman–Crippen LogP) is -0.372. The van der Waals surface area contributed by atoms with Gasteiger partial charge in [-0.3, -0.25) is 0 Å². The third kappa shape index (κ3) is 12.1. The number of ether oxygens (including phenoxy) is 1. The SMILES string of the molecule is CC(O)CN(C)CCOCCN(C)CC(C)O. The van der Waals surface area contributed by atoms with Gasteiger partial charge in [-0.15, -0.1) is 0 Å². The van der Waals surface area contributed by atoms with Gasteiger partial charge in [0.1, 0.15) is 0 Å². The second-order valence-corrected chi connectivity index (χ2v) is 4.83. The van der Waals surface area contributed by atoms with E-state index in [1.165, 1.54) is 0 Å². The van der Waals surface area contributed by atoms with Crippen LogP contribution in [0.3, 0.4) is 0 Å². The Hall–Kier alpha value is -0.200. The number of likely N-dealkylation sites (N-methyl/N-ethyl adjacent to an activating group) is 2. The first kappa shape index (κ1) is 16.8. The van der Waals surface area contributed by atoms with Crippen LogP contribution in [0.15, 0.2) is 0 Å². The first-order chi connectivity index (χ1) is 7.91. The largest absolute Gasteiger partial charge is 0.392 e. The summed E-state index contributed by atoms with van der Waals surface area (Å²) in [4.78, 5) is 4.09. The van der Waals surface area contributed by atoms with Gasteiger partial charge in [-0.05, 0) is 27.9 Å². The molecule has 0 fully saturated rings. The number of aliphatic hydroxyl groups is 2. The molecule has 104 valence electrons. The minimum absolute atomic E-state index is 0.294. The lowest BCUT2D eigenvalue weighted by Gasteiger charge is -2.20. The lowest BCUT2D eigenvalue weighted by molar-refractivity contribution is 0.0698. The molecule has 2 N–H and O–H groups in total. The summed E-state index contributed by atoms with van der Waals surface area (Å²) in [5.74, 6) is 0. The maximum absolute atomic E-state index is 9.17. The fourth-order valence-electron chi connectivity index (χ4n) is 1.63. The smallest absolute Gasteiger partial charge is 0.0638 e. The van der Waals surface area contributed by atoms with Crippen molar-refractivity contribution in [1.29, 1.82) is 0 Å². The molecule has 0 spiro atoms. The number of aliphatic hydroxyl groups excluding tert-OH is 2. The Morgan fingerprint density at radius 3 is 1.53 bits per heavy atom. The van der Waals surface area contributed by atoms with Crippen LogP contribution in [0.5, 0.6) is 0 Å². The zero-order chi connectivity index (χ0) is 13.3. The van der Waals surface area contributed by atoms with Gasteiger partial charge in [-0.1, -0.05) is 0 Å². The second-order valence-electron chi connectivity index (χ2n) is 4.83. The van der Waals surface area contributed by atoms with Crippen molar-refractivity contribution in [2.24, 2.45) is 0 Å². The lowest BCUT2D eigenvalue weighted by atomic mass is 10.4. The van der Waals surface area contributed by atoms with Crippen LogP contribution in [0.25, 0.3) is 0 Å². The number of hydrogen-bond donors (Lipinski definition) is 2. The van der Waals surface area contributed by atoms with E-state index in [-0.39, 0.29) is 12.2 Å². The van der Waals surface area contributed by atoms with Crippen molar-refractivity contribution in [1.82, 2.24) is 9.80 Å². The van der Waals surface area contributed by atoms with Gasteiger partial charge in [-0.25, -0.2) is 0 Å². The molecule has 0 aromatic rings. The topological polar surface area (TPSA) is 56.2 Å². The van der Waals surface area contributed by atoms with Crippen LogP contribution in [0.4, 0.5) is 0 Å². The summed E-state index contributed by atoms with van der Waals surface area (Å²) in [5.41, 5.74) is 0. The monoisotopic (exact) mass is 248 g/mol. The molecule has 0 heterocycles. The van der Waals surface area contributed by atoms with Gasteiger partial charge in [-0.2, -0.15) is 0 Å². The zero-order valence-electron chi connectivity index (χ0n) is 11.6. The highest BCUT2D eigenvalue weighted by atomic mass is 16.5. The van der Waals surface area contributed by atoms with E-state index in [4.69, 9.17) is 14.9 Å². The van der Waals surface area contributed by atoms with Gasteiger partial charge in [0, 0.05) is 26.2 Å². The summed E-state index contributed by atoms with van der Waals surface area (Å²) >= 11 is 0. The summed E-state index contributed by atoms with van der Waals surface area (Å²) in [5, 5.41) is 18.3. The van der Waals surface area contributed by atoms with Crippen LogP contribution in [0, 0.1) is 0 Å². The summed E-state index contributed by atoms with van der Waals surface area (Å²) in [7, 11) is 3.94. The average molecular weight is 248 g/mol. The first-order valence-corrected chi connectivity index (χ1v) is 6.22. The molecule has 0 aliphatic heterocycles. The molecule has 0 saturated carbocycles. The van der Waals surface area contributed by atoms with Crippen molar-refractivity contribution >= 4 is 0 Å². The van der Waals surface area contributed by atoms with E-state index in [0.717, 1.165) is 13.1 Å². The highest BCUT2D eigenvalue weighted by Gasteiger charge is 2.04. The molecular weight excluding hydrogens is 220 g/mol. The van der Waals surface area contributed by atoms with Crippen molar-refractivity contribution in [3.05, 3.63) is 0 Å². The van der Waals surface area contributed by atoms with E-state index in [2.05, 4.69) is 0 Å². The molecular formula is C12H28N2O3. The minimum Gasteiger partial charge on any atom is -0.392 e. The molecule has 17 heavy (non-hydrogen) atoms. The van der Waals surface area contributed by atoms with E-state index in [0.29, 0.717) is 26.3 Å². The van der Waals surface area contributed by atoms with Crippen molar-refractivity contribution in [3.8, 4) is 0 Å². The standard InChI is InChI=1S/C12H28N2O3/c1-11(15)9-13(3)5-7-17-8-6-14(4)10-12(2)16/h11-12,15-16H,5-10H2,1-4H3. The zero-order valence-corrected chi connectivity index (χ0v) is 11.6. The maximum atomic E-state index is 9.17. The molecule has 5 heteroatoms. The Bertz CT molecular complexity index is 159. The van der Waals surface area contributed by atoms with Crippen molar-refractivity contribution in [3.63, 3.8) is 0 Å². The summed E-state index contributed by atoms with van der Waals surface area (Å²) < 4.78 is 5.49. The summed E-state index contributed by atoms with van der Waals surface area (Å²) in [6.07, 6.45) is -0.589. The third-order valence-corrected chi connectivity index (χ3v) is 2.39. The van der Waals surface area contributed by atoms with E-state index in [1.54, 1.807) is 13.8 Å². The Morgan fingerprint density at radius 2 is 1.24 bits per heavy atom. The molecule has 5 nitrogen and oxygen atoms in total. The van der Waals surface area contributed by atoms with Gasteiger partial charge in [0.2, 0.25) is 0 Å². The second kappa shape index (κ2) is 9.79. The molecule has 0 rings (SSSR count). The molecule has 2 unspecified atom stereocenters. The third-order valence-electron chi connectivity index (χ3n) is 2.39. The Morgan fingerprint density at radius 1 is 0.882 bits per heavy atom. The predicted molar refractivity (Wildman–Crippen MR) is 69.2 cm³/mol. The van der Waals surface area contributed by atoms with Gasteiger partial charge in [0.25, 0.3) is 0 Å². The van der Waals surface area contributed by atoms with E-state index < -0.39 is 0 Å². The molecule has 0 radical (unpaired) electrons. The minimum atomic E-state index is -0.294. The molecule has 0 saturated heterocycles. The van der Waals surface area contributed by atoms with Crippen molar-refractivity contribution in [2.45, 2.75) is 26.1 Å². The molecule has 0 bridgehead atoms. The molecule has 0 aromatic carbocycles. The number of hydrogen-bond acceptors (Lipinski definition) is 5. The van der Waals surface area contributed by atoms with Crippen LogP contribution in [-0.4, -0.2) is 85.7 Å². The Balaban J connectivity index is 3.34. The van der Waals surface area contributed by atoms with E-state index >= 15 is 0 Å². The molecule has 0 aliphatic carbocycles. The number of rotatable bonds is 10. The van der Waals surface area contributed by atoms with Crippen LogP contribution < -0.4 is 0 Å². The average Bonchev–Trinajstić information content (AvgIpc) is 2.14. The molecule has 0 amide bonds. The van der Waals surface area contributed by atoms with Crippen molar-refractivity contribution in [2.75, 3.05) is 53.5 Å². The van der Waals surface area contributed by atoms with Crippen LogP contribution in [0.2, 0.25) is 0 Å². The fourth-order valence-corrected chi connectivity index (χ4v) is 1.63. The Labute approximate surface area is 105 Å². The normalized spacial score (nSPS) is 15.5. The Kier molecular flexibility index (Phi) is 9.68. The van der Waals surface area contributed by atoms with Crippen LogP contribution in [0.1, 0.15) is 13.8 Å². The molecule has 0 aromatic heterocycles. The molecule has 2 atom stereocenters.